The van der Waals surface area contributed by atoms with E-state index in [4.69, 9.17) is 9.47 Å². The van der Waals surface area contributed by atoms with Gasteiger partial charge < -0.3 is 9.47 Å². The summed E-state index contributed by atoms with van der Waals surface area (Å²) in [5.74, 6) is 0.0817. The van der Waals surface area contributed by atoms with Crippen LogP contribution in [0.3, 0.4) is 0 Å². The van der Waals surface area contributed by atoms with Crippen molar-refractivity contribution in [3.05, 3.63) is 30.0 Å². The van der Waals surface area contributed by atoms with Crippen molar-refractivity contribution >= 4 is 37.9 Å². The van der Waals surface area contributed by atoms with Gasteiger partial charge in [-0.15, -0.1) is 0 Å². The molecule has 25 heavy (non-hydrogen) atoms. The smallest absolute Gasteiger partial charge is 0.335 e. The number of nitrogens with zero attached hydrogens (tertiary/aromatic N) is 3. The van der Waals surface area contributed by atoms with Crippen LogP contribution in [0.1, 0.15) is 5.56 Å². The molecule has 2 aromatic heterocycles. The quantitative estimate of drug-likeness (QED) is 0.653. The van der Waals surface area contributed by atoms with Crippen molar-refractivity contribution in [1.82, 2.24) is 19.7 Å². The molecule has 0 atom stereocenters. The van der Waals surface area contributed by atoms with E-state index < -0.39 is 16.1 Å². The number of halogens is 1. The molecule has 2 aromatic rings. The highest BCUT2D eigenvalue weighted by Crippen LogP contribution is 2.18. The molecule has 0 aliphatic rings. The van der Waals surface area contributed by atoms with E-state index in [1.54, 1.807) is 12.1 Å². The van der Waals surface area contributed by atoms with E-state index in [0.29, 0.717) is 5.56 Å². The Hall–Kier alpha value is -2.47. The number of alkyl halides is 1. The van der Waals surface area contributed by atoms with Crippen molar-refractivity contribution in [2.24, 2.45) is 0 Å². The Morgan fingerprint density at radius 3 is 2.44 bits per heavy atom. The number of ether oxygens (including phenoxy) is 2. The standard InChI is InChI=1S/C13H14BrN5O5S/c1-23-9-6-10(24-2)17-12(16-9)18-13(20)19-25(21,22)11-8(7-14)4-3-5-15-11/h3-6H,7H2,1-2H3,(H2,16,17,18,19,20). The van der Waals surface area contributed by atoms with Crippen LogP contribution >= 0.6 is 15.9 Å². The fourth-order valence-electron chi connectivity index (χ4n) is 1.73. The first-order valence-corrected chi connectivity index (χ1v) is 9.30. The second-order valence-corrected chi connectivity index (χ2v) is 6.60. The van der Waals surface area contributed by atoms with Gasteiger partial charge in [0.25, 0.3) is 10.0 Å². The fourth-order valence-corrected chi connectivity index (χ4v) is 3.45. The van der Waals surface area contributed by atoms with Gasteiger partial charge >= 0.3 is 6.03 Å². The molecule has 134 valence electrons. The van der Waals surface area contributed by atoms with Gasteiger partial charge in [-0.1, -0.05) is 22.0 Å². The van der Waals surface area contributed by atoms with E-state index in [9.17, 15) is 13.2 Å². The van der Waals surface area contributed by atoms with Crippen LogP contribution in [-0.2, 0) is 15.4 Å². The second kappa shape index (κ2) is 8.07. The Balaban J connectivity index is 2.19. The zero-order valence-electron chi connectivity index (χ0n) is 13.2. The maximum atomic E-state index is 12.3. The highest BCUT2D eigenvalue weighted by molar-refractivity contribution is 9.08. The Kier molecular flexibility index (Phi) is 6.09. The monoisotopic (exact) mass is 431 g/mol. The van der Waals surface area contributed by atoms with Crippen molar-refractivity contribution in [2.75, 3.05) is 19.5 Å². The van der Waals surface area contributed by atoms with Crippen LogP contribution in [-0.4, -0.2) is 43.6 Å². The van der Waals surface area contributed by atoms with E-state index in [0.717, 1.165) is 0 Å². The van der Waals surface area contributed by atoms with Gasteiger partial charge in [0.15, 0.2) is 5.03 Å². The predicted octanol–water partition coefficient (Wildman–Crippen LogP) is 1.29. The van der Waals surface area contributed by atoms with Crippen LogP contribution in [0.5, 0.6) is 11.8 Å². The molecule has 0 aliphatic carbocycles. The minimum absolute atomic E-state index is 0.135. The maximum Gasteiger partial charge on any atom is 0.335 e. The summed E-state index contributed by atoms with van der Waals surface area (Å²) in [5, 5.41) is 2.20. The minimum Gasteiger partial charge on any atom is -0.481 e. The predicted molar refractivity (Wildman–Crippen MR) is 91.3 cm³/mol. The molecular formula is C13H14BrN5O5S. The first-order chi connectivity index (χ1) is 11.9. The van der Waals surface area contributed by atoms with E-state index in [1.807, 2.05) is 4.72 Å². The molecule has 0 fully saturated rings. The number of anilines is 1. The average Bonchev–Trinajstić information content (AvgIpc) is 2.60. The van der Waals surface area contributed by atoms with Crippen LogP contribution in [0.25, 0.3) is 0 Å². The SMILES string of the molecule is COc1cc(OC)nc(NC(=O)NS(=O)(=O)c2ncccc2CBr)n1. The number of amides is 2. The van der Waals surface area contributed by atoms with Crippen molar-refractivity contribution in [3.63, 3.8) is 0 Å². The Morgan fingerprint density at radius 1 is 1.24 bits per heavy atom. The van der Waals surface area contributed by atoms with Gasteiger partial charge in [-0.3, -0.25) is 5.32 Å². The van der Waals surface area contributed by atoms with Crippen LogP contribution < -0.4 is 19.5 Å². The van der Waals surface area contributed by atoms with E-state index in [1.165, 1.54) is 26.5 Å². The first-order valence-electron chi connectivity index (χ1n) is 6.70. The third kappa shape index (κ3) is 4.76. The number of methoxy groups -OCH3 is 2. The zero-order valence-corrected chi connectivity index (χ0v) is 15.6. The van der Waals surface area contributed by atoms with E-state index >= 15 is 0 Å². The number of sulfonamides is 1. The largest absolute Gasteiger partial charge is 0.481 e. The fraction of sp³-hybridized carbons (Fsp3) is 0.231. The van der Waals surface area contributed by atoms with Gasteiger partial charge in [-0.05, 0) is 6.07 Å². The van der Waals surface area contributed by atoms with Gasteiger partial charge in [0.1, 0.15) is 0 Å². The maximum absolute atomic E-state index is 12.3. The lowest BCUT2D eigenvalue weighted by atomic mass is 10.3. The van der Waals surface area contributed by atoms with Crippen LogP contribution in [0.15, 0.2) is 29.4 Å². The van der Waals surface area contributed by atoms with Gasteiger partial charge in [-0.2, -0.15) is 18.4 Å². The van der Waals surface area contributed by atoms with Gasteiger partial charge in [0.05, 0.1) is 20.3 Å². The Bertz CT molecular complexity index is 855. The van der Waals surface area contributed by atoms with Crippen molar-refractivity contribution in [1.29, 1.82) is 0 Å². The molecule has 0 spiro atoms. The molecule has 0 saturated carbocycles. The molecular weight excluding hydrogens is 418 g/mol. The number of carbonyl (C=O) groups excluding carboxylic acids is 1. The molecule has 0 unspecified atom stereocenters. The zero-order chi connectivity index (χ0) is 18.4. The Labute approximate surface area is 152 Å². The molecule has 0 bridgehead atoms. The van der Waals surface area contributed by atoms with E-state index in [2.05, 4.69) is 36.2 Å². The molecule has 0 aromatic carbocycles. The number of urea groups is 1. The summed E-state index contributed by atoms with van der Waals surface area (Å²) in [7, 11) is -1.43. The molecule has 2 N–H and O–H groups in total. The van der Waals surface area contributed by atoms with Crippen LogP contribution in [0, 0.1) is 0 Å². The third-order valence-corrected chi connectivity index (χ3v) is 4.73. The molecule has 2 rings (SSSR count). The number of carbonyl (C=O) groups is 1. The summed E-state index contributed by atoms with van der Waals surface area (Å²) in [6, 6.07) is 3.51. The van der Waals surface area contributed by atoms with Gasteiger partial charge in [0.2, 0.25) is 17.7 Å². The second-order valence-electron chi connectivity index (χ2n) is 4.44. The summed E-state index contributed by atoms with van der Waals surface area (Å²) >= 11 is 3.17. The normalized spacial score (nSPS) is 10.8. The molecule has 12 heteroatoms. The summed E-state index contributed by atoms with van der Waals surface area (Å²) < 4.78 is 36.4. The number of hydrogen-bond acceptors (Lipinski definition) is 8. The van der Waals surface area contributed by atoms with E-state index in [-0.39, 0.29) is 28.1 Å². The van der Waals surface area contributed by atoms with Gasteiger partial charge in [-0.25, -0.2) is 14.5 Å². The lowest BCUT2D eigenvalue weighted by Gasteiger charge is -2.10. The molecule has 2 amide bonds. The van der Waals surface area contributed by atoms with Crippen molar-refractivity contribution in [3.8, 4) is 11.8 Å². The summed E-state index contributed by atoms with van der Waals surface area (Å²) in [6.07, 6.45) is 1.31. The molecule has 0 radical (unpaired) electrons. The average molecular weight is 432 g/mol. The summed E-state index contributed by atoms with van der Waals surface area (Å²) in [5.41, 5.74) is 0.405. The lowest BCUT2D eigenvalue weighted by molar-refractivity contribution is 0.256. The lowest BCUT2D eigenvalue weighted by Crippen LogP contribution is -2.35. The summed E-state index contributed by atoms with van der Waals surface area (Å²) in [4.78, 5) is 23.5. The Morgan fingerprint density at radius 2 is 1.88 bits per heavy atom. The highest BCUT2D eigenvalue weighted by atomic mass is 79.9. The van der Waals surface area contributed by atoms with Crippen LogP contribution in [0.4, 0.5) is 10.7 Å². The first kappa shape index (κ1) is 18.9. The van der Waals surface area contributed by atoms with Crippen molar-refractivity contribution < 1.29 is 22.7 Å². The number of pyridine rings is 1. The summed E-state index contributed by atoms with van der Waals surface area (Å²) in [6.45, 7) is 0. The number of nitrogens with one attached hydrogen (secondary N) is 2. The van der Waals surface area contributed by atoms with Gasteiger partial charge in [0, 0.05) is 17.1 Å². The molecule has 0 aliphatic heterocycles. The van der Waals surface area contributed by atoms with Crippen LogP contribution in [0.2, 0.25) is 0 Å². The molecule has 2 heterocycles. The highest BCUT2D eigenvalue weighted by Gasteiger charge is 2.23. The minimum atomic E-state index is -4.17. The molecule has 10 nitrogen and oxygen atoms in total. The third-order valence-electron chi connectivity index (χ3n) is 2.80. The number of rotatable bonds is 6. The number of hydrogen-bond donors (Lipinski definition) is 2. The molecule has 0 saturated heterocycles. The number of aromatic nitrogens is 3. The van der Waals surface area contributed by atoms with Crippen molar-refractivity contribution in [2.45, 2.75) is 10.4 Å². The topological polar surface area (TPSA) is 132 Å².